The van der Waals surface area contributed by atoms with Gasteiger partial charge in [-0.1, -0.05) is 17.4 Å². The maximum absolute atomic E-state index is 13.4. The Balaban J connectivity index is 1.49. The number of nitrogens with zero attached hydrogens (tertiary/aromatic N) is 7. The zero-order valence-corrected chi connectivity index (χ0v) is 23.4. The number of rotatable bonds is 7. The van der Waals surface area contributed by atoms with E-state index in [1.54, 1.807) is 17.9 Å². The molecule has 1 aliphatic heterocycles. The van der Waals surface area contributed by atoms with Gasteiger partial charge in [0.1, 0.15) is 11.9 Å². The molecule has 16 heteroatoms. The van der Waals surface area contributed by atoms with E-state index >= 15 is 0 Å². The number of alkyl halides is 2. The molecule has 0 bridgehead atoms. The van der Waals surface area contributed by atoms with Gasteiger partial charge in [-0.05, 0) is 44.7 Å². The molecule has 1 saturated heterocycles. The SMILES string of the molecule is CC(N)C(=O)N1CCC(c2ncnc3c2c2ccc(S(=O)(=O)NC4(C#N)CC4)cc2n3-c2nnc(C(F)F)s2)CC1. The summed E-state index contributed by atoms with van der Waals surface area (Å²) in [5.41, 5.74) is 6.11. The number of fused-ring (bicyclic) bond motifs is 3. The number of aromatic nitrogens is 5. The Morgan fingerprint density at radius 1 is 1.24 bits per heavy atom. The molecule has 41 heavy (non-hydrogen) atoms. The molecule has 4 heterocycles. The summed E-state index contributed by atoms with van der Waals surface area (Å²) in [6, 6.07) is 5.91. The number of likely N-dealkylation sites (tertiary alicyclic amines) is 1. The number of hydrogen-bond acceptors (Lipinski definition) is 10. The van der Waals surface area contributed by atoms with Gasteiger partial charge in [0, 0.05) is 29.8 Å². The number of nitrogens with one attached hydrogen (secondary N) is 1. The molecule has 0 radical (unpaired) electrons. The average Bonchev–Trinajstić information content (AvgIpc) is 3.39. The summed E-state index contributed by atoms with van der Waals surface area (Å²) in [4.78, 5) is 23.1. The molecule has 1 aromatic carbocycles. The monoisotopic (exact) mass is 601 g/mol. The van der Waals surface area contributed by atoms with Crippen LogP contribution in [0.3, 0.4) is 0 Å². The average molecular weight is 602 g/mol. The Labute approximate surface area is 237 Å². The number of halogens is 2. The van der Waals surface area contributed by atoms with Crippen molar-refractivity contribution < 1.29 is 22.0 Å². The Morgan fingerprint density at radius 2 is 1.98 bits per heavy atom. The van der Waals surface area contributed by atoms with Gasteiger partial charge in [-0.2, -0.15) is 9.98 Å². The van der Waals surface area contributed by atoms with E-state index in [4.69, 9.17) is 5.73 Å². The van der Waals surface area contributed by atoms with Crippen molar-refractivity contribution in [2.24, 2.45) is 5.73 Å². The maximum atomic E-state index is 13.4. The van der Waals surface area contributed by atoms with E-state index < -0.39 is 33.0 Å². The summed E-state index contributed by atoms with van der Waals surface area (Å²) < 4.78 is 57.3. The lowest BCUT2D eigenvalue weighted by molar-refractivity contribution is -0.133. The molecule has 1 saturated carbocycles. The third-order valence-electron chi connectivity index (χ3n) is 7.54. The van der Waals surface area contributed by atoms with Crippen molar-refractivity contribution in [1.29, 1.82) is 5.26 Å². The molecule has 3 N–H and O–H groups in total. The summed E-state index contributed by atoms with van der Waals surface area (Å²) in [7, 11) is -4.08. The molecule has 1 aliphatic carbocycles. The van der Waals surface area contributed by atoms with Gasteiger partial charge in [-0.25, -0.2) is 27.2 Å². The van der Waals surface area contributed by atoms with Crippen LogP contribution in [0.4, 0.5) is 8.78 Å². The number of hydrogen-bond donors (Lipinski definition) is 2. The number of amides is 1. The second-order valence-corrected chi connectivity index (χ2v) is 13.1. The summed E-state index contributed by atoms with van der Waals surface area (Å²) in [5.74, 6) is -0.163. The number of nitriles is 1. The molecule has 0 spiro atoms. The van der Waals surface area contributed by atoms with E-state index in [1.807, 2.05) is 6.07 Å². The van der Waals surface area contributed by atoms with Crippen molar-refractivity contribution in [1.82, 2.24) is 34.4 Å². The van der Waals surface area contributed by atoms with E-state index in [-0.39, 0.29) is 21.9 Å². The molecule has 2 aliphatic rings. The summed E-state index contributed by atoms with van der Waals surface area (Å²) in [6.07, 6.45) is 0.630. The van der Waals surface area contributed by atoms with Crippen molar-refractivity contribution in [3.05, 3.63) is 35.2 Å². The van der Waals surface area contributed by atoms with Gasteiger partial charge in [0.2, 0.25) is 21.1 Å². The van der Waals surface area contributed by atoms with Crippen LogP contribution in [0.1, 0.15) is 55.7 Å². The molecule has 12 nitrogen and oxygen atoms in total. The molecule has 6 rings (SSSR count). The Kier molecular flexibility index (Phi) is 6.72. The van der Waals surface area contributed by atoms with Crippen LogP contribution in [-0.4, -0.2) is 68.6 Å². The minimum atomic E-state index is -4.08. The van der Waals surface area contributed by atoms with E-state index in [1.165, 1.54) is 23.0 Å². The number of sulfonamides is 1. The highest BCUT2D eigenvalue weighted by Crippen LogP contribution is 2.40. The smallest absolute Gasteiger partial charge is 0.291 e. The molecule has 2 fully saturated rings. The lowest BCUT2D eigenvalue weighted by atomic mass is 9.91. The highest BCUT2D eigenvalue weighted by atomic mass is 32.2. The van der Waals surface area contributed by atoms with E-state index in [9.17, 15) is 27.3 Å². The Morgan fingerprint density at radius 3 is 2.59 bits per heavy atom. The third kappa shape index (κ3) is 4.82. The van der Waals surface area contributed by atoms with Crippen LogP contribution in [0.2, 0.25) is 0 Å². The van der Waals surface area contributed by atoms with Crippen LogP contribution in [0.5, 0.6) is 0 Å². The first-order valence-electron chi connectivity index (χ1n) is 12.9. The Hall–Kier alpha value is -3.65. The molecule has 3 aromatic heterocycles. The van der Waals surface area contributed by atoms with Crippen LogP contribution in [0.25, 0.3) is 27.1 Å². The van der Waals surface area contributed by atoms with E-state index in [0.717, 1.165) is 0 Å². The molecule has 4 aromatic rings. The van der Waals surface area contributed by atoms with Gasteiger partial charge in [0.25, 0.3) is 6.43 Å². The highest BCUT2D eigenvalue weighted by molar-refractivity contribution is 7.89. The van der Waals surface area contributed by atoms with E-state index in [0.29, 0.717) is 77.7 Å². The van der Waals surface area contributed by atoms with E-state index in [2.05, 4.69) is 24.9 Å². The van der Waals surface area contributed by atoms with Crippen molar-refractivity contribution in [3.63, 3.8) is 0 Å². The fourth-order valence-electron chi connectivity index (χ4n) is 5.25. The van der Waals surface area contributed by atoms with Crippen molar-refractivity contribution in [3.8, 4) is 11.2 Å². The molecular formula is C25H25F2N9O3S2. The van der Waals surface area contributed by atoms with Gasteiger partial charge in [-0.15, -0.1) is 10.2 Å². The van der Waals surface area contributed by atoms with Crippen LogP contribution in [-0.2, 0) is 14.8 Å². The molecular weight excluding hydrogens is 576 g/mol. The highest BCUT2D eigenvalue weighted by Gasteiger charge is 2.47. The van der Waals surface area contributed by atoms with Crippen LogP contribution >= 0.6 is 11.3 Å². The second-order valence-electron chi connectivity index (χ2n) is 10.4. The maximum Gasteiger partial charge on any atom is 0.291 e. The predicted octanol–water partition coefficient (Wildman–Crippen LogP) is 2.75. The largest absolute Gasteiger partial charge is 0.341 e. The standard InChI is InChI=1S/C25H25F2N9O3S2/c1-13(29)23(37)35-8-4-14(5-9-35)19-18-16-3-2-15(41(38,39)34-25(11-28)6-7-25)10-17(16)36(21(18)31-12-30-19)24-33-32-22(40-24)20(26)27/h2-3,10,12-14,20,34H,4-9,29H2,1H3. The predicted molar refractivity (Wildman–Crippen MR) is 145 cm³/mol. The first kappa shape index (κ1) is 27.5. The lowest BCUT2D eigenvalue weighted by Gasteiger charge is -2.32. The molecule has 214 valence electrons. The van der Waals surface area contributed by atoms with Crippen molar-refractivity contribution >= 4 is 49.2 Å². The zero-order chi connectivity index (χ0) is 29.1. The summed E-state index contributed by atoms with van der Waals surface area (Å²) >= 11 is 0.679. The third-order valence-corrected chi connectivity index (χ3v) is 9.99. The van der Waals surface area contributed by atoms with Crippen LogP contribution in [0.15, 0.2) is 29.4 Å². The van der Waals surface area contributed by atoms with Crippen LogP contribution in [0, 0.1) is 11.3 Å². The fourth-order valence-corrected chi connectivity index (χ4v) is 7.37. The second kappa shape index (κ2) is 10.0. The number of carbonyl (C=O) groups is 1. The fraction of sp³-hybridized carbons (Fsp3) is 0.440. The van der Waals surface area contributed by atoms with Gasteiger partial charge in [0.05, 0.1) is 28.2 Å². The van der Waals surface area contributed by atoms with Crippen LogP contribution < -0.4 is 10.5 Å². The normalized spacial score (nSPS) is 18.2. The summed E-state index contributed by atoms with van der Waals surface area (Å²) in [5, 5.41) is 17.9. The Bertz CT molecular complexity index is 1820. The van der Waals surface area contributed by atoms with Gasteiger partial charge in [0.15, 0.2) is 10.7 Å². The van der Waals surface area contributed by atoms with Gasteiger partial charge in [-0.3, -0.25) is 9.36 Å². The topological polar surface area (TPSA) is 173 Å². The number of nitrogens with two attached hydrogens (primary N) is 1. The lowest BCUT2D eigenvalue weighted by Crippen LogP contribution is -2.45. The first-order chi connectivity index (χ1) is 19.5. The zero-order valence-electron chi connectivity index (χ0n) is 21.8. The van der Waals surface area contributed by atoms with Crippen molar-refractivity contribution in [2.75, 3.05) is 13.1 Å². The van der Waals surface area contributed by atoms with Crippen molar-refractivity contribution in [2.45, 2.75) is 61.4 Å². The van der Waals surface area contributed by atoms with Gasteiger partial charge >= 0.3 is 0 Å². The minimum absolute atomic E-state index is 0.0434. The first-order valence-corrected chi connectivity index (χ1v) is 15.2. The molecule has 1 unspecified atom stereocenters. The minimum Gasteiger partial charge on any atom is -0.341 e. The molecule has 1 amide bonds. The quantitative estimate of drug-likeness (QED) is 0.323. The number of benzene rings is 1. The molecule has 1 atom stereocenters. The number of piperidine rings is 1. The summed E-state index contributed by atoms with van der Waals surface area (Å²) in [6.45, 7) is 2.65. The number of carbonyl (C=O) groups excluding carboxylic acids is 1. The van der Waals surface area contributed by atoms with Gasteiger partial charge < -0.3 is 10.6 Å².